The van der Waals surface area contributed by atoms with Crippen LogP contribution in [0.2, 0.25) is 0 Å². The zero-order chi connectivity index (χ0) is 15.0. The highest BCUT2D eigenvalue weighted by Crippen LogP contribution is 2.15. The number of hydrogen-bond acceptors (Lipinski definition) is 4. The molecule has 0 aliphatic carbocycles. The summed E-state index contributed by atoms with van der Waals surface area (Å²) in [7, 11) is 0. The van der Waals surface area contributed by atoms with E-state index >= 15 is 0 Å². The Kier molecular flexibility index (Phi) is 3.59. The zero-order valence-corrected chi connectivity index (χ0v) is 12.7. The van der Waals surface area contributed by atoms with Crippen molar-refractivity contribution in [1.82, 2.24) is 14.5 Å². The highest BCUT2D eigenvalue weighted by atomic mass is 79.9. The van der Waals surface area contributed by atoms with Crippen LogP contribution < -0.4 is 5.56 Å². The van der Waals surface area contributed by atoms with Gasteiger partial charge in [0.15, 0.2) is 0 Å². The normalized spacial score (nSPS) is 14.9. The highest BCUT2D eigenvalue weighted by molar-refractivity contribution is 9.10. The van der Waals surface area contributed by atoms with Crippen molar-refractivity contribution in [3.63, 3.8) is 0 Å². The van der Waals surface area contributed by atoms with Crippen molar-refractivity contribution in [2.75, 3.05) is 6.54 Å². The molecule has 3 rings (SSSR count). The van der Waals surface area contributed by atoms with Gasteiger partial charge in [-0.25, -0.2) is 4.98 Å². The fraction of sp³-hybridized carbons (Fsp3) is 0.286. The molecule has 0 spiro atoms. The minimum atomic E-state index is -0.365. The summed E-state index contributed by atoms with van der Waals surface area (Å²) in [6.07, 6.45) is 2.42. The number of aromatic nitrogens is 2. The number of rotatable bonds is 2. The van der Waals surface area contributed by atoms with Crippen LogP contribution in [0.25, 0.3) is 10.9 Å². The summed E-state index contributed by atoms with van der Waals surface area (Å²) in [4.78, 5) is 41.4. The van der Waals surface area contributed by atoms with E-state index in [1.165, 1.54) is 15.8 Å². The molecule has 0 saturated carbocycles. The van der Waals surface area contributed by atoms with Crippen molar-refractivity contribution in [2.45, 2.75) is 19.4 Å². The minimum Gasteiger partial charge on any atom is -0.289 e. The van der Waals surface area contributed by atoms with Crippen LogP contribution in [-0.4, -0.2) is 32.8 Å². The number of fused-ring (bicyclic) bond motifs is 1. The molecule has 21 heavy (non-hydrogen) atoms. The first-order chi connectivity index (χ1) is 10.1. The van der Waals surface area contributed by atoms with Crippen molar-refractivity contribution in [3.8, 4) is 0 Å². The van der Waals surface area contributed by atoms with Gasteiger partial charge < -0.3 is 0 Å². The second-order valence-electron chi connectivity index (χ2n) is 4.88. The molecule has 0 unspecified atom stereocenters. The Morgan fingerprint density at radius 1 is 1.33 bits per heavy atom. The summed E-state index contributed by atoms with van der Waals surface area (Å²) in [6, 6.07) is 5.21. The molecule has 1 saturated heterocycles. The first kappa shape index (κ1) is 13.9. The molecule has 0 N–H and O–H groups in total. The average molecular weight is 350 g/mol. The first-order valence-corrected chi connectivity index (χ1v) is 7.33. The summed E-state index contributed by atoms with van der Waals surface area (Å²) in [5, 5.41) is 0.437. The van der Waals surface area contributed by atoms with Crippen LogP contribution >= 0.6 is 15.9 Å². The van der Waals surface area contributed by atoms with E-state index in [0.29, 0.717) is 30.3 Å². The summed E-state index contributed by atoms with van der Waals surface area (Å²) in [5.41, 5.74) is 0.283. The van der Waals surface area contributed by atoms with Gasteiger partial charge in [0.25, 0.3) is 5.56 Å². The Balaban J connectivity index is 1.94. The number of nitrogens with zero attached hydrogens (tertiary/aromatic N) is 3. The van der Waals surface area contributed by atoms with E-state index in [-0.39, 0.29) is 23.9 Å². The van der Waals surface area contributed by atoms with Crippen LogP contribution in [0, 0.1) is 0 Å². The van der Waals surface area contributed by atoms with E-state index in [9.17, 15) is 14.4 Å². The average Bonchev–Trinajstić information content (AvgIpc) is 2.89. The molecule has 0 atom stereocenters. The second-order valence-corrected chi connectivity index (χ2v) is 5.80. The number of hydrogen-bond donors (Lipinski definition) is 0. The number of carbonyl (C=O) groups excluding carboxylic acids is 2. The lowest BCUT2D eigenvalue weighted by molar-refractivity contribution is -0.142. The van der Waals surface area contributed by atoms with Crippen molar-refractivity contribution < 1.29 is 9.59 Å². The molecule has 1 aromatic heterocycles. The monoisotopic (exact) mass is 349 g/mol. The number of amides is 2. The molecule has 1 aliphatic heterocycles. The Bertz CT molecular complexity index is 800. The van der Waals surface area contributed by atoms with Gasteiger partial charge in [-0.1, -0.05) is 15.9 Å². The molecule has 2 aromatic rings. The van der Waals surface area contributed by atoms with Gasteiger partial charge in [-0.05, 0) is 24.6 Å². The van der Waals surface area contributed by atoms with Gasteiger partial charge in [-0.2, -0.15) is 0 Å². The topological polar surface area (TPSA) is 72.3 Å². The van der Waals surface area contributed by atoms with Crippen LogP contribution in [0.1, 0.15) is 12.8 Å². The van der Waals surface area contributed by atoms with E-state index in [0.717, 1.165) is 4.47 Å². The fourth-order valence-electron chi connectivity index (χ4n) is 2.39. The quantitative estimate of drug-likeness (QED) is 0.819. The van der Waals surface area contributed by atoms with E-state index in [2.05, 4.69) is 20.9 Å². The summed E-state index contributed by atoms with van der Waals surface area (Å²) in [6.45, 7) is 0.263. The van der Waals surface area contributed by atoms with Gasteiger partial charge in [0.05, 0.1) is 17.2 Å². The van der Waals surface area contributed by atoms with Gasteiger partial charge in [0.1, 0.15) is 6.54 Å². The first-order valence-electron chi connectivity index (χ1n) is 6.54. The molecule has 1 aromatic carbocycles. The third-order valence-corrected chi connectivity index (χ3v) is 3.96. The van der Waals surface area contributed by atoms with Crippen LogP contribution in [0.15, 0.2) is 33.8 Å². The molecule has 1 aliphatic rings. The van der Waals surface area contributed by atoms with Gasteiger partial charge in [0.2, 0.25) is 11.8 Å². The summed E-state index contributed by atoms with van der Waals surface area (Å²) in [5.74, 6) is -0.541. The predicted molar refractivity (Wildman–Crippen MR) is 79.7 cm³/mol. The predicted octanol–water partition coefficient (Wildman–Crippen LogP) is 1.31. The van der Waals surface area contributed by atoms with Crippen LogP contribution in [0.5, 0.6) is 0 Å². The number of halogens is 1. The molecule has 7 heteroatoms. The van der Waals surface area contributed by atoms with E-state index < -0.39 is 0 Å². The fourth-order valence-corrected chi connectivity index (χ4v) is 2.75. The van der Waals surface area contributed by atoms with Gasteiger partial charge in [-0.15, -0.1) is 0 Å². The Morgan fingerprint density at radius 2 is 2.14 bits per heavy atom. The Labute approximate surface area is 128 Å². The van der Waals surface area contributed by atoms with Crippen molar-refractivity contribution in [2.24, 2.45) is 0 Å². The molecular formula is C14H12BrN3O3. The van der Waals surface area contributed by atoms with Crippen molar-refractivity contribution >= 4 is 38.6 Å². The maximum Gasteiger partial charge on any atom is 0.261 e. The van der Waals surface area contributed by atoms with Gasteiger partial charge in [-0.3, -0.25) is 23.9 Å². The molecule has 6 nitrogen and oxygen atoms in total. The molecule has 1 fully saturated rings. The molecular weight excluding hydrogens is 338 g/mol. The third-order valence-electron chi connectivity index (χ3n) is 3.47. The summed E-state index contributed by atoms with van der Waals surface area (Å²) < 4.78 is 2.01. The third kappa shape index (κ3) is 2.61. The van der Waals surface area contributed by atoms with Gasteiger partial charge in [0, 0.05) is 17.4 Å². The molecule has 2 heterocycles. The van der Waals surface area contributed by atoms with E-state index in [4.69, 9.17) is 0 Å². The van der Waals surface area contributed by atoms with Crippen LogP contribution in [-0.2, 0) is 16.1 Å². The molecule has 0 radical (unpaired) electrons. The lowest BCUT2D eigenvalue weighted by Crippen LogP contribution is -2.37. The van der Waals surface area contributed by atoms with E-state index in [1.54, 1.807) is 18.2 Å². The maximum atomic E-state index is 12.4. The van der Waals surface area contributed by atoms with Crippen molar-refractivity contribution in [1.29, 1.82) is 0 Å². The van der Waals surface area contributed by atoms with Crippen LogP contribution in [0.3, 0.4) is 0 Å². The Morgan fingerprint density at radius 3 is 2.86 bits per heavy atom. The Hall–Kier alpha value is -2.02. The van der Waals surface area contributed by atoms with Crippen LogP contribution in [0.4, 0.5) is 0 Å². The largest absolute Gasteiger partial charge is 0.289 e. The standard InChI is InChI=1S/C14H12BrN3O3/c15-9-3-4-11-10(6-9)14(21)17(8-16-11)7-13(20)18-5-1-2-12(18)19/h3-4,6,8H,1-2,5,7H2. The number of carbonyl (C=O) groups is 2. The van der Waals surface area contributed by atoms with Gasteiger partial charge >= 0.3 is 0 Å². The molecule has 0 bridgehead atoms. The lowest BCUT2D eigenvalue weighted by Gasteiger charge is -2.14. The smallest absolute Gasteiger partial charge is 0.261 e. The zero-order valence-electron chi connectivity index (χ0n) is 11.1. The maximum absolute atomic E-state index is 12.4. The minimum absolute atomic E-state index is 0.167. The van der Waals surface area contributed by atoms with E-state index in [1.807, 2.05) is 0 Å². The van der Waals surface area contributed by atoms with Crippen molar-refractivity contribution in [3.05, 3.63) is 39.4 Å². The SMILES string of the molecule is O=C1CCCN1C(=O)Cn1cnc2ccc(Br)cc2c1=O. The number of imide groups is 1. The number of benzene rings is 1. The lowest BCUT2D eigenvalue weighted by atomic mass is 10.2. The second kappa shape index (κ2) is 5.40. The molecule has 108 valence electrons. The summed E-state index contributed by atoms with van der Waals surface area (Å²) >= 11 is 3.31. The highest BCUT2D eigenvalue weighted by Gasteiger charge is 2.26. The molecule has 2 amide bonds. The number of likely N-dealkylation sites (tertiary alicyclic amines) is 1.